The number of hydrogen-bond donors (Lipinski definition) is 2. The van der Waals surface area contributed by atoms with Gasteiger partial charge < -0.3 is 9.13 Å². The second-order valence-electron chi connectivity index (χ2n) is 12.6. The molecule has 16 nitrogen and oxygen atoms in total. The Morgan fingerprint density at radius 3 is 1.45 bits per heavy atom. The number of halogens is 2. The Kier molecular flexibility index (Phi) is 10.7. The van der Waals surface area contributed by atoms with Crippen molar-refractivity contribution in [3.8, 4) is 23.0 Å². The molecule has 0 aliphatic rings. The standard InChI is InChI=1S/C19H17BrN6O2.C19H17ClN6O2/c2*1-3-25-17-15(18(27)24-19(25)28)26(10-12-7-5-4-6-8-12)16(23-17)14-11(2)22-13(20)9-21-14/h2*4-9H,3,10H2,1-2H3,(H,24,27,28). The van der Waals surface area contributed by atoms with Crippen molar-refractivity contribution in [1.82, 2.24) is 58.1 Å². The van der Waals surface area contributed by atoms with Crippen LogP contribution >= 0.6 is 27.5 Å². The maximum absolute atomic E-state index is 12.7. The monoisotopic (exact) mass is 836 g/mol. The van der Waals surface area contributed by atoms with E-state index in [1.54, 1.807) is 22.3 Å². The highest BCUT2D eigenvalue weighted by molar-refractivity contribution is 9.10. The number of fused-ring (bicyclic) bond motifs is 2. The van der Waals surface area contributed by atoms with Gasteiger partial charge in [0.2, 0.25) is 0 Å². The molecule has 0 amide bonds. The fourth-order valence-corrected chi connectivity index (χ4v) is 7.02. The number of aromatic nitrogens is 12. The van der Waals surface area contributed by atoms with Gasteiger partial charge in [0.1, 0.15) is 21.1 Å². The molecule has 0 unspecified atom stereocenters. The molecule has 0 fully saturated rings. The summed E-state index contributed by atoms with van der Waals surface area (Å²) in [6, 6.07) is 19.4. The first-order valence-electron chi connectivity index (χ1n) is 17.5. The molecular formula is C38H34BrClN12O4. The summed E-state index contributed by atoms with van der Waals surface area (Å²) in [5.41, 5.74) is 3.68. The normalized spacial score (nSPS) is 11.2. The van der Waals surface area contributed by atoms with E-state index in [0.29, 0.717) is 87.5 Å². The lowest BCUT2D eigenvalue weighted by molar-refractivity contribution is 0.717. The summed E-state index contributed by atoms with van der Waals surface area (Å²) in [6.45, 7) is 8.82. The summed E-state index contributed by atoms with van der Waals surface area (Å²) in [5.74, 6) is 0.952. The minimum atomic E-state index is -0.491. The minimum Gasteiger partial charge on any atom is -0.312 e. The quantitative estimate of drug-likeness (QED) is 0.213. The van der Waals surface area contributed by atoms with Gasteiger partial charge in [-0.3, -0.25) is 28.7 Å². The predicted octanol–water partition coefficient (Wildman–Crippen LogP) is 4.86. The SMILES string of the molecule is CCn1c(=O)[nH]c(=O)c2c1nc(-c1ncc(Br)nc1C)n2Cc1ccccc1.CCn1c(=O)[nH]c(=O)c2c1nc(-c1ncc(Cl)nc1C)n2Cc1ccccc1. The van der Waals surface area contributed by atoms with Gasteiger partial charge in [0.15, 0.2) is 34.0 Å². The lowest BCUT2D eigenvalue weighted by Gasteiger charge is -2.10. The van der Waals surface area contributed by atoms with Gasteiger partial charge in [0.05, 0.1) is 23.8 Å². The van der Waals surface area contributed by atoms with E-state index in [2.05, 4.69) is 55.8 Å². The zero-order valence-electron chi connectivity index (χ0n) is 30.6. The molecule has 0 atom stereocenters. The summed E-state index contributed by atoms with van der Waals surface area (Å²) in [5, 5.41) is 0.273. The van der Waals surface area contributed by atoms with Crippen molar-refractivity contribution in [2.24, 2.45) is 0 Å². The Morgan fingerprint density at radius 2 is 1.04 bits per heavy atom. The molecule has 18 heteroatoms. The van der Waals surface area contributed by atoms with Gasteiger partial charge in [-0.1, -0.05) is 72.3 Å². The van der Waals surface area contributed by atoms with Crippen LogP contribution in [0.2, 0.25) is 5.15 Å². The van der Waals surface area contributed by atoms with Gasteiger partial charge >= 0.3 is 11.4 Å². The maximum Gasteiger partial charge on any atom is 0.330 e. The average Bonchev–Trinajstić information content (AvgIpc) is 3.72. The van der Waals surface area contributed by atoms with Crippen LogP contribution in [0.1, 0.15) is 36.4 Å². The Labute approximate surface area is 330 Å². The van der Waals surface area contributed by atoms with E-state index in [1.165, 1.54) is 15.3 Å². The molecule has 2 N–H and O–H groups in total. The van der Waals surface area contributed by atoms with Crippen molar-refractivity contribution in [3.05, 3.63) is 147 Å². The first-order chi connectivity index (χ1) is 27.0. The van der Waals surface area contributed by atoms with Gasteiger partial charge in [0, 0.05) is 26.2 Å². The van der Waals surface area contributed by atoms with Crippen LogP contribution in [-0.2, 0) is 26.2 Å². The van der Waals surface area contributed by atoms with Crippen LogP contribution in [-0.4, -0.2) is 58.1 Å². The topological polar surface area (TPSA) is 197 Å². The van der Waals surface area contributed by atoms with Crippen LogP contribution in [0.25, 0.3) is 45.4 Å². The third-order valence-corrected chi connectivity index (χ3v) is 9.59. The van der Waals surface area contributed by atoms with Crippen LogP contribution in [0.3, 0.4) is 0 Å². The fraction of sp³-hybridized carbons (Fsp3) is 0.211. The summed E-state index contributed by atoms with van der Waals surface area (Å²) < 4.78 is 7.05. The lowest BCUT2D eigenvalue weighted by atomic mass is 10.2. The highest BCUT2D eigenvalue weighted by Gasteiger charge is 2.23. The fourth-order valence-electron chi connectivity index (χ4n) is 6.48. The van der Waals surface area contributed by atoms with E-state index in [9.17, 15) is 19.2 Å². The molecule has 0 aliphatic carbocycles. The highest BCUT2D eigenvalue weighted by Crippen LogP contribution is 2.26. The number of imidazole rings is 2. The van der Waals surface area contributed by atoms with Gasteiger partial charge in [-0.2, -0.15) is 0 Å². The van der Waals surface area contributed by atoms with Crippen molar-refractivity contribution < 1.29 is 0 Å². The van der Waals surface area contributed by atoms with Crippen LogP contribution in [0, 0.1) is 13.8 Å². The van der Waals surface area contributed by atoms with E-state index >= 15 is 0 Å². The number of aryl methyl sites for hydroxylation is 4. The number of H-pyrrole nitrogens is 2. The van der Waals surface area contributed by atoms with E-state index in [4.69, 9.17) is 11.6 Å². The summed E-state index contributed by atoms with van der Waals surface area (Å²) >= 11 is 9.26. The lowest BCUT2D eigenvalue weighted by Crippen LogP contribution is -2.30. The molecule has 284 valence electrons. The number of nitrogens with one attached hydrogen (secondary N) is 2. The molecule has 2 aromatic carbocycles. The maximum atomic E-state index is 12.7. The molecule has 0 spiro atoms. The number of benzene rings is 2. The van der Waals surface area contributed by atoms with Crippen molar-refractivity contribution in [2.75, 3.05) is 0 Å². The minimum absolute atomic E-state index is 0.273. The summed E-state index contributed by atoms with van der Waals surface area (Å²) in [4.78, 5) is 81.4. The summed E-state index contributed by atoms with van der Waals surface area (Å²) in [7, 11) is 0. The highest BCUT2D eigenvalue weighted by atomic mass is 79.9. The van der Waals surface area contributed by atoms with Crippen LogP contribution in [0.15, 0.2) is 96.8 Å². The predicted molar refractivity (Wildman–Crippen MR) is 216 cm³/mol. The molecule has 8 aromatic rings. The van der Waals surface area contributed by atoms with Crippen LogP contribution < -0.4 is 22.5 Å². The van der Waals surface area contributed by atoms with Crippen molar-refractivity contribution in [2.45, 2.75) is 53.9 Å². The van der Waals surface area contributed by atoms with Gasteiger partial charge in [-0.05, 0) is 54.8 Å². The molecule has 56 heavy (non-hydrogen) atoms. The molecule has 0 aliphatic heterocycles. The van der Waals surface area contributed by atoms with Crippen molar-refractivity contribution >= 4 is 49.9 Å². The van der Waals surface area contributed by atoms with Crippen molar-refractivity contribution in [3.63, 3.8) is 0 Å². The van der Waals surface area contributed by atoms with Gasteiger partial charge in [-0.25, -0.2) is 39.5 Å². The molecule has 0 bridgehead atoms. The third-order valence-electron chi connectivity index (χ3n) is 9.03. The second-order valence-corrected chi connectivity index (χ2v) is 13.8. The Morgan fingerprint density at radius 1 is 0.607 bits per heavy atom. The Balaban J connectivity index is 0.000000172. The van der Waals surface area contributed by atoms with E-state index in [-0.39, 0.29) is 5.15 Å². The molecular weight excluding hydrogens is 804 g/mol. The average molecular weight is 838 g/mol. The molecule has 0 saturated heterocycles. The first-order valence-corrected chi connectivity index (χ1v) is 18.7. The number of nitrogens with zero attached hydrogens (tertiary/aromatic N) is 10. The smallest absolute Gasteiger partial charge is 0.312 e. The van der Waals surface area contributed by atoms with Gasteiger partial charge in [-0.15, -0.1) is 0 Å². The molecule has 6 aromatic heterocycles. The van der Waals surface area contributed by atoms with E-state index in [0.717, 1.165) is 11.1 Å². The number of rotatable bonds is 8. The van der Waals surface area contributed by atoms with Crippen LogP contribution in [0.5, 0.6) is 0 Å². The molecule has 8 rings (SSSR count). The van der Waals surface area contributed by atoms with Crippen LogP contribution in [0.4, 0.5) is 0 Å². The zero-order valence-corrected chi connectivity index (χ0v) is 33.0. The molecule has 0 radical (unpaired) electrons. The van der Waals surface area contributed by atoms with E-state index in [1.807, 2.05) is 81.4 Å². The molecule has 6 heterocycles. The zero-order chi connectivity index (χ0) is 39.7. The summed E-state index contributed by atoms with van der Waals surface area (Å²) in [6.07, 6.45) is 3.03. The van der Waals surface area contributed by atoms with E-state index < -0.39 is 22.5 Å². The van der Waals surface area contributed by atoms with Crippen molar-refractivity contribution in [1.29, 1.82) is 0 Å². The Bertz CT molecular complexity index is 2780. The number of hydrogen-bond acceptors (Lipinski definition) is 10. The third kappa shape index (κ3) is 7.25. The largest absolute Gasteiger partial charge is 0.330 e. The number of aromatic amines is 2. The molecule has 0 saturated carbocycles. The second kappa shape index (κ2) is 15.8. The van der Waals surface area contributed by atoms with Gasteiger partial charge in [0.25, 0.3) is 11.1 Å². The first kappa shape index (κ1) is 38.0. The Hall–Kier alpha value is -6.33.